The summed E-state index contributed by atoms with van der Waals surface area (Å²) in [6.07, 6.45) is 3.38. The van der Waals surface area contributed by atoms with Gasteiger partial charge in [-0.15, -0.1) is 0 Å². The van der Waals surface area contributed by atoms with Gasteiger partial charge >= 0.3 is 0 Å². The largest absolute Gasteiger partial charge is 0.472 e. The summed E-state index contributed by atoms with van der Waals surface area (Å²) < 4.78 is 5.06. The van der Waals surface area contributed by atoms with E-state index in [0.29, 0.717) is 0 Å². The summed E-state index contributed by atoms with van der Waals surface area (Å²) in [5, 5.41) is 3.00. The summed E-state index contributed by atoms with van der Waals surface area (Å²) in [5.41, 5.74) is 0.918. The molecule has 0 saturated carbocycles. The molecule has 1 aliphatic rings. The van der Waals surface area contributed by atoms with Crippen LogP contribution in [0.1, 0.15) is 32.3 Å². The second-order valence-corrected chi connectivity index (χ2v) is 4.53. The molecule has 76 valence electrons. The van der Waals surface area contributed by atoms with Gasteiger partial charge in [0.1, 0.15) is 0 Å². The normalized spacial score (nSPS) is 30.4. The quantitative estimate of drug-likeness (QED) is 0.740. The van der Waals surface area contributed by atoms with Crippen LogP contribution in [-0.2, 0) is 4.79 Å². The van der Waals surface area contributed by atoms with Crippen molar-refractivity contribution in [2.45, 2.75) is 32.2 Å². The molecule has 3 heteroatoms. The smallest absolute Gasteiger partial charge is 0.223 e. The highest BCUT2D eigenvalue weighted by molar-refractivity contribution is 5.83. The zero-order valence-electron chi connectivity index (χ0n) is 8.70. The Morgan fingerprint density at radius 2 is 2.21 bits per heavy atom. The minimum absolute atomic E-state index is 0.0163. The van der Waals surface area contributed by atoms with Crippen LogP contribution in [0.4, 0.5) is 0 Å². The fourth-order valence-electron chi connectivity index (χ4n) is 2.44. The highest BCUT2D eigenvalue weighted by Crippen LogP contribution is 2.40. The Bertz CT molecular complexity index is 340. The van der Waals surface area contributed by atoms with E-state index in [1.165, 1.54) is 0 Å². The predicted molar refractivity (Wildman–Crippen MR) is 52.8 cm³/mol. The lowest BCUT2D eigenvalue weighted by Crippen LogP contribution is -2.38. The number of nitrogens with one attached hydrogen (secondary N) is 1. The second-order valence-electron chi connectivity index (χ2n) is 4.53. The van der Waals surface area contributed by atoms with Crippen LogP contribution in [0.15, 0.2) is 23.0 Å². The lowest BCUT2D eigenvalue weighted by atomic mass is 9.79. The molecule has 0 aromatic carbocycles. The van der Waals surface area contributed by atoms with E-state index in [-0.39, 0.29) is 23.3 Å². The third-order valence-corrected chi connectivity index (χ3v) is 3.04. The van der Waals surface area contributed by atoms with Crippen molar-refractivity contribution in [1.82, 2.24) is 5.32 Å². The van der Waals surface area contributed by atoms with Gasteiger partial charge in [0.2, 0.25) is 5.91 Å². The molecule has 1 aromatic heterocycles. The Morgan fingerprint density at radius 3 is 2.64 bits per heavy atom. The molecule has 1 aliphatic heterocycles. The Hall–Kier alpha value is -1.25. The first-order valence-electron chi connectivity index (χ1n) is 4.86. The number of hydrogen-bond acceptors (Lipinski definition) is 2. The Morgan fingerprint density at radius 1 is 1.50 bits per heavy atom. The minimum atomic E-state index is -0.180. The maximum absolute atomic E-state index is 11.6. The SMILES string of the molecule is CC1C(=O)NC(C)(C)C1c1ccoc1. The number of amides is 1. The maximum Gasteiger partial charge on any atom is 0.223 e. The second kappa shape index (κ2) is 2.87. The van der Waals surface area contributed by atoms with Crippen molar-refractivity contribution in [1.29, 1.82) is 0 Å². The molecular weight excluding hydrogens is 178 g/mol. The number of carbonyl (C=O) groups excluding carboxylic acids is 1. The van der Waals surface area contributed by atoms with Crippen molar-refractivity contribution >= 4 is 5.91 Å². The highest BCUT2D eigenvalue weighted by atomic mass is 16.3. The molecule has 1 amide bonds. The van der Waals surface area contributed by atoms with Crippen LogP contribution >= 0.6 is 0 Å². The molecule has 0 radical (unpaired) electrons. The molecule has 2 atom stereocenters. The van der Waals surface area contributed by atoms with Gasteiger partial charge in [-0.05, 0) is 25.5 Å². The molecule has 1 aromatic rings. The zero-order valence-corrected chi connectivity index (χ0v) is 8.70. The predicted octanol–water partition coefficient (Wildman–Crippen LogP) is 1.91. The molecular formula is C11H15NO2. The molecule has 2 rings (SSSR count). The highest BCUT2D eigenvalue weighted by Gasteiger charge is 2.46. The standard InChI is InChI=1S/C11H15NO2/c1-7-9(8-4-5-14-6-8)11(2,3)12-10(7)13/h4-7,9H,1-3H3,(H,12,13). The van der Waals surface area contributed by atoms with Gasteiger partial charge in [0, 0.05) is 17.4 Å². The van der Waals surface area contributed by atoms with Crippen LogP contribution in [0, 0.1) is 5.92 Å². The van der Waals surface area contributed by atoms with Gasteiger partial charge in [0.15, 0.2) is 0 Å². The zero-order chi connectivity index (χ0) is 10.3. The van der Waals surface area contributed by atoms with Crippen LogP contribution in [0.5, 0.6) is 0 Å². The van der Waals surface area contributed by atoms with Crippen LogP contribution in [0.25, 0.3) is 0 Å². The third-order valence-electron chi connectivity index (χ3n) is 3.04. The maximum atomic E-state index is 11.6. The summed E-state index contributed by atoms with van der Waals surface area (Å²) in [7, 11) is 0. The summed E-state index contributed by atoms with van der Waals surface area (Å²) in [6, 6.07) is 1.93. The van der Waals surface area contributed by atoms with E-state index < -0.39 is 0 Å². The first-order valence-corrected chi connectivity index (χ1v) is 4.86. The van der Waals surface area contributed by atoms with E-state index in [0.717, 1.165) is 5.56 Å². The van der Waals surface area contributed by atoms with Crippen LogP contribution in [0.3, 0.4) is 0 Å². The lowest BCUT2D eigenvalue weighted by Gasteiger charge is -2.26. The molecule has 0 aliphatic carbocycles. The van der Waals surface area contributed by atoms with E-state index in [2.05, 4.69) is 5.32 Å². The van der Waals surface area contributed by atoms with E-state index in [4.69, 9.17) is 4.42 Å². The molecule has 2 unspecified atom stereocenters. The molecule has 0 spiro atoms. The van der Waals surface area contributed by atoms with Crippen LogP contribution in [-0.4, -0.2) is 11.4 Å². The van der Waals surface area contributed by atoms with E-state index >= 15 is 0 Å². The molecule has 1 N–H and O–H groups in total. The molecule has 14 heavy (non-hydrogen) atoms. The fourth-order valence-corrected chi connectivity index (χ4v) is 2.44. The van der Waals surface area contributed by atoms with Crippen molar-refractivity contribution in [3.05, 3.63) is 24.2 Å². The topological polar surface area (TPSA) is 42.2 Å². The summed E-state index contributed by atoms with van der Waals surface area (Å²) in [4.78, 5) is 11.6. The Labute approximate surface area is 83.5 Å². The Kier molecular flexibility index (Phi) is 1.91. The van der Waals surface area contributed by atoms with Gasteiger partial charge in [-0.1, -0.05) is 6.92 Å². The number of carbonyl (C=O) groups is 1. The first kappa shape index (κ1) is 9.31. The molecule has 2 heterocycles. The molecule has 3 nitrogen and oxygen atoms in total. The molecule has 0 bridgehead atoms. The number of furan rings is 1. The Balaban J connectivity index is 2.38. The van der Waals surface area contributed by atoms with Gasteiger partial charge < -0.3 is 9.73 Å². The van der Waals surface area contributed by atoms with Crippen molar-refractivity contribution in [3.8, 4) is 0 Å². The summed E-state index contributed by atoms with van der Waals surface area (Å²) >= 11 is 0. The summed E-state index contributed by atoms with van der Waals surface area (Å²) in [6.45, 7) is 6.06. The summed E-state index contributed by atoms with van der Waals surface area (Å²) in [5.74, 6) is 0.345. The van der Waals surface area contributed by atoms with E-state index in [1.54, 1.807) is 12.5 Å². The van der Waals surface area contributed by atoms with Crippen LogP contribution in [0.2, 0.25) is 0 Å². The average Bonchev–Trinajstić information content (AvgIpc) is 2.60. The number of hydrogen-bond donors (Lipinski definition) is 1. The van der Waals surface area contributed by atoms with Gasteiger partial charge in [0.05, 0.1) is 12.5 Å². The van der Waals surface area contributed by atoms with Gasteiger partial charge in [-0.2, -0.15) is 0 Å². The van der Waals surface area contributed by atoms with E-state index in [1.807, 2.05) is 26.8 Å². The molecule has 1 fully saturated rings. The average molecular weight is 193 g/mol. The number of rotatable bonds is 1. The van der Waals surface area contributed by atoms with Crippen molar-refractivity contribution in [2.24, 2.45) is 5.92 Å². The van der Waals surface area contributed by atoms with Crippen molar-refractivity contribution < 1.29 is 9.21 Å². The van der Waals surface area contributed by atoms with Gasteiger partial charge in [-0.3, -0.25) is 4.79 Å². The monoisotopic (exact) mass is 193 g/mol. The van der Waals surface area contributed by atoms with Gasteiger partial charge in [-0.25, -0.2) is 0 Å². The third kappa shape index (κ3) is 1.24. The minimum Gasteiger partial charge on any atom is -0.472 e. The van der Waals surface area contributed by atoms with E-state index in [9.17, 15) is 4.79 Å². The fraction of sp³-hybridized carbons (Fsp3) is 0.545. The van der Waals surface area contributed by atoms with Crippen LogP contribution < -0.4 is 5.32 Å². The molecule has 1 saturated heterocycles. The van der Waals surface area contributed by atoms with Gasteiger partial charge in [0.25, 0.3) is 0 Å². The lowest BCUT2D eigenvalue weighted by molar-refractivity contribution is -0.122. The van der Waals surface area contributed by atoms with Crippen molar-refractivity contribution in [3.63, 3.8) is 0 Å². The van der Waals surface area contributed by atoms with Crippen molar-refractivity contribution in [2.75, 3.05) is 0 Å². The first-order chi connectivity index (χ1) is 6.52.